The molecule has 1 fully saturated rings. The van der Waals surface area contributed by atoms with Crippen molar-refractivity contribution < 1.29 is 36.9 Å². The molecule has 10 heteroatoms. The molecule has 0 unspecified atom stereocenters. The van der Waals surface area contributed by atoms with Crippen LogP contribution in [0.1, 0.15) is 29.6 Å². The second kappa shape index (κ2) is 8.75. The first kappa shape index (κ1) is 23.2. The van der Waals surface area contributed by atoms with Crippen molar-refractivity contribution in [3.8, 4) is 28.7 Å². The number of carbonyl (C=O) groups excluding carboxylic acids is 1. The molecule has 0 saturated carbocycles. The third-order valence-corrected chi connectivity index (χ3v) is 8.14. The van der Waals surface area contributed by atoms with Crippen LogP contribution in [0, 0.1) is 0 Å². The molecule has 0 aliphatic carbocycles. The van der Waals surface area contributed by atoms with Crippen LogP contribution in [0.2, 0.25) is 0 Å². The van der Waals surface area contributed by atoms with Crippen molar-refractivity contribution in [1.82, 2.24) is 4.31 Å². The Morgan fingerprint density at radius 2 is 1.58 bits per heavy atom. The van der Waals surface area contributed by atoms with Gasteiger partial charge >= 0.3 is 0 Å². The van der Waals surface area contributed by atoms with E-state index in [9.17, 15) is 13.2 Å². The topological polar surface area (TPSA) is 101 Å². The molecule has 0 aromatic heterocycles. The molecule has 0 N–H and O–H groups in total. The number of rotatable bonds is 6. The normalized spacial score (nSPS) is 17.8. The summed E-state index contributed by atoms with van der Waals surface area (Å²) in [6.07, 6.45) is 0.875. The number of fused-ring (bicyclic) bond motifs is 1. The Kier molecular flexibility index (Phi) is 6.15. The highest BCUT2D eigenvalue weighted by molar-refractivity contribution is 7.89. The fourth-order valence-corrected chi connectivity index (χ4v) is 6.01. The molecular formula is C23H27NO8S. The third kappa shape index (κ3) is 3.97. The van der Waals surface area contributed by atoms with Gasteiger partial charge in [-0.05, 0) is 24.3 Å². The second-order valence-electron chi connectivity index (χ2n) is 7.98. The summed E-state index contributed by atoms with van der Waals surface area (Å²) < 4.78 is 55.8. The number of benzene rings is 2. The Morgan fingerprint density at radius 3 is 2.18 bits per heavy atom. The molecule has 0 amide bonds. The van der Waals surface area contributed by atoms with Crippen LogP contribution in [-0.4, -0.2) is 65.6 Å². The minimum Gasteiger partial charge on any atom is -0.497 e. The lowest BCUT2D eigenvalue weighted by Crippen LogP contribution is -2.52. The average molecular weight is 478 g/mol. The van der Waals surface area contributed by atoms with Gasteiger partial charge in [-0.25, -0.2) is 8.42 Å². The van der Waals surface area contributed by atoms with Crippen LogP contribution in [0.15, 0.2) is 35.2 Å². The van der Waals surface area contributed by atoms with E-state index in [-0.39, 0.29) is 35.9 Å². The molecular weight excluding hydrogens is 450 g/mol. The number of piperidine rings is 1. The molecule has 2 aromatic rings. The number of ketones is 1. The van der Waals surface area contributed by atoms with E-state index in [1.807, 2.05) is 0 Å². The average Bonchev–Trinajstić information content (AvgIpc) is 2.83. The van der Waals surface area contributed by atoms with Crippen LogP contribution < -0.4 is 23.7 Å². The van der Waals surface area contributed by atoms with E-state index < -0.39 is 15.6 Å². The van der Waals surface area contributed by atoms with Crippen molar-refractivity contribution in [2.75, 3.05) is 41.5 Å². The summed E-state index contributed by atoms with van der Waals surface area (Å²) in [6.45, 7) is 0.384. The van der Waals surface area contributed by atoms with E-state index in [2.05, 4.69) is 0 Å². The zero-order valence-corrected chi connectivity index (χ0v) is 19.9. The lowest BCUT2D eigenvalue weighted by Gasteiger charge is -2.43. The number of ether oxygens (including phenoxy) is 5. The van der Waals surface area contributed by atoms with Gasteiger partial charge in [-0.15, -0.1) is 0 Å². The van der Waals surface area contributed by atoms with Crippen LogP contribution in [0.3, 0.4) is 0 Å². The Bertz CT molecular complexity index is 1170. The zero-order chi connectivity index (χ0) is 23.8. The van der Waals surface area contributed by atoms with Crippen molar-refractivity contribution in [3.63, 3.8) is 0 Å². The molecule has 0 radical (unpaired) electrons. The predicted octanol–water partition coefficient (Wildman–Crippen LogP) is 2.91. The molecule has 1 spiro atoms. The summed E-state index contributed by atoms with van der Waals surface area (Å²) in [6, 6.07) is 8.00. The van der Waals surface area contributed by atoms with Crippen LogP contribution >= 0.6 is 0 Å². The lowest BCUT2D eigenvalue weighted by molar-refractivity contribution is 0.00375. The van der Waals surface area contributed by atoms with E-state index in [1.165, 1.54) is 38.8 Å². The molecule has 0 bridgehead atoms. The first-order chi connectivity index (χ1) is 15.8. The Labute approximate surface area is 193 Å². The molecule has 9 nitrogen and oxygen atoms in total. The number of methoxy groups -OCH3 is 4. The van der Waals surface area contributed by atoms with Crippen molar-refractivity contribution >= 4 is 15.8 Å². The minimum atomic E-state index is -3.85. The van der Waals surface area contributed by atoms with E-state index in [0.717, 1.165) is 0 Å². The smallest absolute Gasteiger partial charge is 0.246 e. The van der Waals surface area contributed by atoms with Gasteiger partial charge < -0.3 is 23.7 Å². The van der Waals surface area contributed by atoms with Gasteiger partial charge in [0.2, 0.25) is 15.8 Å². The van der Waals surface area contributed by atoms with Crippen LogP contribution in [-0.2, 0) is 10.0 Å². The van der Waals surface area contributed by atoms with Gasteiger partial charge in [-0.1, -0.05) is 0 Å². The van der Waals surface area contributed by atoms with Crippen molar-refractivity contribution in [1.29, 1.82) is 0 Å². The summed E-state index contributed by atoms with van der Waals surface area (Å²) in [7, 11) is 2.05. The van der Waals surface area contributed by atoms with Crippen LogP contribution in [0.5, 0.6) is 28.7 Å². The summed E-state index contributed by atoms with van der Waals surface area (Å²) >= 11 is 0. The molecule has 2 aliphatic rings. The molecule has 4 rings (SSSR count). The van der Waals surface area contributed by atoms with Gasteiger partial charge in [0, 0.05) is 32.0 Å². The van der Waals surface area contributed by atoms with Gasteiger partial charge in [-0.2, -0.15) is 4.31 Å². The van der Waals surface area contributed by atoms with E-state index in [4.69, 9.17) is 23.7 Å². The highest BCUT2D eigenvalue weighted by atomic mass is 32.2. The summed E-state index contributed by atoms with van der Waals surface area (Å²) in [5.74, 6) is 1.76. The van der Waals surface area contributed by atoms with Crippen LogP contribution in [0.4, 0.5) is 0 Å². The fraction of sp³-hybridized carbons (Fsp3) is 0.435. The number of hydrogen-bond donors (Lipinski definition) is 0. The quantitative estimate of drug-likeness (QED) is 0.626. The third-order valence-electron chi connectivity index (χ3n) is 6.22. The molecule has 2 heterocycles. The standard InChI is InChI=1S/C23H27NO8S/c1-28-15-5-7-18(29-2)20(13-15)33(26,27)24-11-9-23(10-12-24)14-17(25)16-6-8-19(30-3)22(31-4)21(16)32-23/h5-8,13H,9-12,14H2,1-4H3. The first-order valence-electron chi connectivity index (χ1n) is 10.5. The molecule has 1 saturated heterocycles. The molecule has 0 atom stereocenters. The maximum atomic E-state index is 13.4. The van der Waals surface area contributed by atoms with Crippen molar-refractivity contribution in [2.24, 2.45) is 0 Å². The maximum Gasteiger partial charge on any atom is 0.246 e. The largest absolute Gasteiger partial charge is 0.497 e. The number of Topliss-reactive ketones (excluding diaryl/α,β-unsaturated/α-hetero) is 1. The highest BCUT2D eigenvalue weighted by Gasteiger charge is 2.46. The SMILES string of the molecule is COc1ccc(OC)c(S(=O)(=O)N2CCC3(CC2)CC(=O)c2ccc(OC)c(OC)c2O3)c1. The van der Waals surface area contributed by atoms with E-state index >= 15 is 0 Å². The van der Waals surface area contributed by atoms with E-state index in [0.29, 0.717) is 41.4 Å². The van der Waals surface area contributed by atoms with Gasteiger partial charge in [-0.3, -0.25) is 4.79 Å². The predicted molar refractivity (Wildman–Crippen MR) is 119 cm³/mol. The Hall–Kier alpha value is -2.98. The lowest BCUT2D eigenvalue weighted by atomic mass is 9.83. The molecule has 2 aliphatic heterocycles. The first-order valence-corrected chi connectivity index (χ1v) is 11.9. The maximum absolute atomic E-state index is 13.4. The number of hydrogen-bond acceptors (Lipinski definition) is 8. The second-order valence-corrected chi connectivity index (χ2v) is 9.89. The minimum absolute atomic E-state index is 0.0395. The highest BCUT2D eigenvalue weighted by Crippen LogP contribution is 2.48. The number of carbonyl (C=O) groups is 1. The zero-order valence-electron chi connectivity index (χ0n) is 19.0. The number of sulfonamides is 1. The van der Waals surface area contributed by atoms with Crippen molar-refractivity contribution in [2.45, 2.75) is 29.8 Å². The summed E-state index contributed by atoms with van der Waals surface area (Å²) in [5, 5.41) is 0. The molecule has 33 heavy (non-hydrogen) atoms. The van der Waals surface area contributed by atoms with Gasteiger partial charge in [0.25, 0.3) is 0 Å². The number of nitrogens with zero attached hydrogens (tertiary/aromatic N) is 1. The van der Waals surface area contributed by atoms with E-state index in [1.54, 1.807) is 24.3 Å². The Balaban J connectivity index is 1.60. The van der Waals surface area contributed by atoms with Gasteiger partial charge in [0.05, 0.1) is 40.4 Å². The van der Waals surface area contributed by atoms with Gasteiger partial charge in [0.1, 0.15) is 22.0 Å². The fourth-order valence-electron chi connectivity index (χ4n) is 4.40. The van der Waals surface area contributed by atoms with Crippen LogP contribution in [0.25, 0.3) is 0 Å². The Morgan fingerprint density at radius 1 is 0.909 bits per heavy atom. The van der Waals surface area contributed by atoms with Crippen molar-refractivity contribution in [3.05, 3.63) is 35.9 Å². The summed E-state index contributed by atoms with van der Waals surface area (Å²) in [4.78, 5) is 13.0. The molecule has 178 valence electrons. The molecule has 2 aromatic carbocycles. The summed E-state index contributed by atoms with van der Waals surface area (Å²) in [5.41, 5.74) is -0.372. The van der Waals surface area contributed by atoms with Gasteiger partial charge in [0.15, 0.2) is 17.3 Å². The monoisotopic (exact) mass is 477 g/mol.